The molecule has 2 fully saturated rings. The smallest absolute Gasteiger partial charge is 0.255 e. The third kappa shape index (κ3) is 4.24. The summed E-state index contributed by atoms with van der Waals surface area (Å²) in [6.07, 6.45) is 8.25. The van der Waals surface area contributed by atoms with Gasteiger partial charge in [-0.1, -0.05) is 13.0 Å². The van der Waals surface area contributed by atoms with E-state index in [-0.39, 0.29) is 34.8 Å². The number of hydrogen-bond donors (Lipinski definition) is 1. The maximum Gasteiger partial charge on any atom is 0.255 e. The molecule has 1 aliphatic carbocycles. The first kappa shape index (κ1) is 23.6. The van der Waals surface area contributed by atoms with Crippen molar-refractivity contribution in [2.45, 2.75) is 53.8 Å². The number of fused-ring (bicyclic) bond motifs is 1. The SMILES string of the molecule is CC1CN(C2C=CC3=C(CCCC34SCCS4)N2c2ccnc(S(N)(=O)=O)c2)CCC1(F)F. The van der Waals surface area contributed by atoms with Gasteiger partial charge in [-0.05, 0) is 37.0 Å². The summed E-state index contributed by atoms with van der Waals surface area (Å²) in [7, 11) is -3.97. The number of nitrogens with two attached hydrogens (primary N) is 1. The Labute approximate surface area is 202 Å². The lowest BCUT2D eigenvalue weighted by molar-refractivity contribution is -0.103. The molecule has 1 aromatic rings. The van der Waals surface area contributed by atoms with Crippen LogP contribution in [-0.2, 0) is 10.0 Å². The van der Waals surface area contributed by atoms with Crippen molar-refractivity contribution in [3.05, 3.63) is 41.8 Å². The summed E-state index contributed by atoms with van der Waals surface area (Å²) in [5.74, 6) is -1.23. The molecule has 4 aliphatic rings. The van der Waals surface area contributed by atoms with Crippen LogP contribution < -0.4 is 10.0 Å². The highest BCUT2D eigenvalue weighted by Crippen LogP contribution is 2.57. The van der Waals surface area contributed by atoms with Gasteiger partial charge in [-0.3, -0.25) is 4.90 Å². The summed E-state index contributed by atoms with van der Waals surface area (Å²) in [4.78, 5) is 8.17. The first-order valence-electron chi connectivity index (χ1n) is 11.2. The Morgan fingerprint density at radius 1 is 1.24 bits per heavy atom. The maximum atomic E-state index is 14.2. The highest BCUT2D eigenvalue weighted by molar-refractivity contribution is 8.21. The Hall–Kier alpha value is -1.14. The van der Waals surface area contributed by atoms with Gasteiger partial charge in [-0.2, -0.15) is 0 Å². The lowest BCUT2D eigenvalue weighted by Crippen LogP contribution is -2.56. The molecule has 0 amide bonds. The van der Waals surface area contributed by atoms with E-state index in [9.17, 15) is 17.2 Å². The predicted octanol–water partition coefficient (Wildman–Crippen LogP) is 4.02. The zero-order chi connectivity index (χ0) is 23.4. The molecule has 33 heavy (non-hydrogen) atoms. The minimum atomic E-state index is -3.97. The number of pyridine rings is 1. The number of hydrogen-bond acceptors (Lipinski definition) is 7. The lowest BCUT2D eigenvalue weighted by Gasteiger charge is -2.49. The minimum Gasteiger partial charge on any atom is -0.325 e. The number of alkyl halides is 2. The number of likely N-dealkylation sites (tertiary alicyclic amines) is 1. The lowest BCUT2D eigenvalue weighted by atomic mass is 9.89. The average Bonchev–Trinajstić information content (AvgIpc) is 3.24. The molecule has 3 aliphatic heterocycles. The zero-order valence-electron chi connectivity index (χ0n) is 18.4. The van der Waals surface area contributed by atoms with Gasteiger partial charge in [0.1, 0.15) is 6.17 Å². The first-order valence-corrected chi connectivity index (χ1v) is 14.7. The molecule has 0 saturated carbocycles. The van der Waals surface area contributed by atoms with Gasteiger partial charge in [0.05, 0.1) is 4.08 Å². The van der Waals surface area contributed by atoms with Gasteiger partial charge in [0.2, 0.25) is 0 Å². The normalized spacial score (nSPS) is 29.5. The first-order chi connectivity index (χ1) is 15.6. The molecule has 0 aromatic carbocycles. The molecule has 2 atom stereocenters. The molecule has 1 aromatic heterocycles. The molecule has 2 saturated heterocycles. The number of rotatable bonds is 3. The fourth-order valence-corrected chi connectivity index (χ4v) is 9.20. The van der Waals surface area contributed by atoms with Gasteiger partial charge in [0, 0.05) is 60.6 Å². The molecule has 0 radical (unpaired) electrons. The van der Waals surface area contributed by atoms with Crippen LogP contribution >= 0.6 is 23.5 Å². The molecule has 5 rings (SSSR count). The Bertz CT molecular complexity index is 1100. The van der Waals surface area contributed by atoms with Crippen molar-refractivity contribution in [3.8, 4) is 0 Å². The van der Waals surface area contributed by atoms with E-state index in [4.69, 9.17) is 5.14 Å². The average molecular weight is 515 g/mol. The molecular formula is C22H28F2N4O2S3. The van der Waals surface area contributed by atoms with Crippen LogP contribution in [-0.4, -0.2) is 59.1 Å². The highest BCUT2D eigenvalue weighted by Gasteiger charge is 2.48. The van der Waals surface area contributed by atoms with Crippen molar-refractivity contribution >= 4 is 39.2 Å². The van der Waals surface area contributed by atoms with Crippen molar-refractivity contribution in [3.63, 3.8) is 0 Å². The number of primary sulfonamides is 1. The van der Waals surface area contributed by atoms with Crippen molar-refractivity contribution in [2.24, 2.45) is 11.1 Å². The molecule has 0 bridgehead atoms. The summed E-state index contributed by atoms with van der Waals surface area (Å²) in [5.41, 5.74) is 3.08. The quantitative estimate of drug-likeness (QED) is 0.653. The number of allylic oxidation sites excluding steroid dienone is 2. The third-order valence-corrected chi connectivity index (χ3v) is 11.4. The number of sulfonamides is 1. The van der Waals surface area contributed by atoms with Crippen LogP contribution in [0, 0.1) is 5.92 Å². The van der Waals surface area contributed by atoms with Gasteiger partial charge in [-0.15, -0.1) is 23.5 Å². The second kappa shape index (κ2) is 8.51. The van der Waals surface area contributed by atoms with Gasteiger partial charge in [0.25, 0.3) is 15.9 Å². The Kier molecular flexibility index (Phi) is 6.09. The molecule has 180 valence electrons. The number of halogens is 2. The van der Waals surface area contributed by atoms with Crippen LogP contribution in [0.3, 0.4) is 0 Å². The van der Waals surface area contributed by atoms with Crippen LogP contribution in [0.4, 0.5) is 14.5 Å². The molecular weight excluding hydrogens is 486 g/mol. The van der Waals surface area contributed by atoms with E-state index in [2.05, 4.69) is 26.9 Å². The number of thioether (sulfide) groups is 2. The van der Waals surface area contributed by atoms with E-state index >= 15 is 0 Å². The van der Waals surface area contributed by atoms with Crippen LogP contribution in [0.5, 0.6) is 0 Å². The number of aromatic nitrogens is 1. The third-order valence-electron chi connectivity index (χ3n) is 7.01. The van der Waals surface area contributed by atoms with Crippen molar-refractivity contribution < 1.29 is 17.2 Å². The second-order valence-electron chi connectivity index (χ2n) is 9.11. The van der Waals surface area contributed by atoms with Gasteiger partial charge < -0.3 is 4.90 Å². The number of anilines is 1. The number of nitrogens with zero attached hydrogens (tertiary/aromatic N) is 3. The van der Waals surface area contributed by atoms with Crippen molar-refractivity contribution in [1.29, 1.82) is 0 Å². The molecule has 4 heterocycles. The minimum absolute atomic E-state index is 0.00529. The van der Waals surface area contributed by atoms with E-state index in [1.165, 1.54) is 17.8 Å². The highest BCUT2D eigenvalue weighted by atomic mass is 32.2. The molecule has 1 spiro atoms. The summed E-state index contributed by atoms with van der Waals surface area (Å²) in [6, 6.07) is 3.29. The largest absolute Gasteiger partial charge is 0.325 e. The van der Waals surface area contributed by atoms with Gasteiger partial charge in [-0.25, -0.2) is 27.3 Å². The second-order valence-corrected chi connectivity index (χ2v) is 13.7. The van der Waals surface area contributed by atoms with Gasteiger partial charge >= 0.3 is 0 Å². The Morgan fingerprint density at radius 2 is 2.00 bits per heavy atom. The van der Waals surface area contributed by atoms with Crippen LogP contribution in [0.2, 0.25) is 0 Å². The van der Waals surface area contributed by atoms with Crippen LogP contribution in [0.1, 0.15) is 32.6 Å². The summed E-state index contributed by atoms with van der Waals surface area (Å²) in [5, 5.41) is 5.18. The van der Waals surface area contributed by atoms with Crippen LogP contribution in [0.25, 0.3) is 0 Å². The van der Waals surface area contributed by atoms with E-state index in [1.54, 1.807) is 13.0 Å². The fourth-order valence-electron chi connectivity index (χ4n) is 5.29. The predicted molar refractivity (Wildman–Crippen MR) is 130 cm³/mol. The summed E-state index contributed by atoms with van der Waals surface area (Å²) in [6.45, 7) is 2.14. The topological polar surface area (TPSA) is 79.5 Å². The molecule has 11 heteroatoms. The van der Waals surface area contributed by atoms with E-state index in [0.29, 0.717) is 5.69 Å². The maximum absolute atomic E-state index is 14.2. The summed E-state index contributed by atoms with van der Waals surface area (Å²) < 4.78 is 52.5. The number of piperidine rings is 1. The van der Waals surface area contributed by atoms with E-state index in [1.807, 2.05) is 23.5 Å². The zero-order valence-corrected chi connectivity index (χ0v) is 20.9. The fraction of sp³-hybridized carbons (Fsp3) is 0.591. The van der Waals surface area contributed by atoms with Gasteiger partial charge in [0.15, 0.2) is 5.03 Å². The molecule has 2 unspecified atom stereocenters. The molecule has 2 N–H and O–H groups in total. The van der Waals surface area contributed by atoms with E-state index < -0.39 is 21.9 Å². The summed E-state index contributed by atoms with van der Waals surface area (Å²) >= 11 is 3.96. The molecule has 6 nitrogen and oxygen atoms in total. The Morgan fingerprint density at radius 3 is 2.70 bits per heavy atom. The Balaban J connectivity index is 1.60. The van der Waals surface area contributed by atoms with E-state index in [0.717, 1.165) is 36.5 Å². The van der Waals surface area contributed by atoms with Crippen molar-refractivity contribution in [2.75, 3.05) is 29.5 Å². The van der Waals surface area contributed by atoms with Crippen molar-refractivity contribution in [1.82, 2.24) is 9.88 Å². The standard InChI is InChI=1S/C22H28F2N4O2S3/c1-15-14-27(10-8-21(15,23)24)20-5-4-17-18(3-2-7-22(17)31-11-12-32-22)28(20)16-6-9-26-19(13-16)33(25,29)30/h4-6,9,13,15,20H,2-3,7-8,10-12,14H2,1H3,(H2,25,29,30). The van der Waals surface area contributed by atoms with Crippen LogP contribution in [0.15, 0.2) is 46.8 Å². The monoisotopic (exact) mass is 514 g/mol.